The number of fused-ring (bicyclic) bond motifs is 1. The standard InChI is InChI=1S/C24H21F2N3O2/c25-24(26)31-18-12-10-17(11-13-18)15-22(30)27-21(14-16-6-2-1-3-7-16)23-28-19-8-4-5-9-20(19)29-23/h1-13,21,24H,14-15H2,(H,27,30)(H,28,29)/t21-/m0/s1. The maximum absolute atomic E-state index is 12.8. The minimum Gasteiger partial charge on any atom is -0.435 e. The predicted molar refractivity (Wildman–Crippen MR) is 114 cm³/mol. The molecule has 4 aromatic rings. The second kappa shape index (κ2) is 9.38. The van der Waals surface area contributed by atoms with Gasteiger partial charge >= 0.3 is 6.61 Å². The number of amides is 1. The molecule has 4 rings (SSSR count). The van der Waals surface area contributed by atoms with Crippen LogP contribution in [-0.2, 0) is 17.6 Å². The molecule has 0 spiro atoms. The second-order valence-electron chi connectivity index (χ2n) is 7.15. The lowest BCUT2D eigenvalue weighted by Crippen LogP contribution is -2.32. The van der Waals surface area contributed by atoms with Crippen molar-refractivity contribution in [2.45, 2.75) is 25.5 Å². The van der Waals surface area contributed by atoms with Gasteiger partial charge in [0.1, 0.15) is 11.6 Å². The third-order valence-corrected chi connectivity index (χ3v) is 4.87. The molecule has 1 aromatic heterocycles. The van der Waals surface area contributed by atoms with Crippen molar-refractivity contribution in [1.29, 1.82) is 0 Å². The van der Waals surface area contributed by atoms with E-state index in [1.807, 2.05) is 54.6 Å². The molecule has 1 amide bonds. The highest BCUT2D eigenvalue weighted by Gasteiger charge is 2.19. The average Bonchev–Trinajstić information content (AvgIpc) is 3.19. The molecule has 0 unspecified atom stereocenters. The van der Waals surface area contributed by atoms with Crippen LogP contribution in [0.15, 0.2) is 78.9 Å². The van der Waals surface area contributed by atoms with Gasteiger partial charge in [0.05, 0.1) is 23.5 Å². The van der Waals surface area contributed by atoms with Gasteiger partial charge < -0.3 is 15.0 Å². The van der Waals surface area contributed by atoms with Crippen LogP contribution in [0.2, 0.25) is 0 Å². The Kier molecular flexibility index (Phi) is 6.21. The fourth-order valence-corrected chi connectivity index (χ4v) is 3.42. The normalized spacial score (nSPS) is 12.1. The topological polar surface area (TPSA) is 67.0 Å². The summed E-state index contributed by atoms with van der Waals surface area (Å²) in [5, 5.41) is 3.05. The highest BCUT2D eigenvalue weighted by Crippen LogP contribution is 2.21. The number of para-hydroxylation sites is 2. The van der Waals surface area contributed by atoms with Gasteiger partial charge in [0.2, 0.25) is 5.91 Å². The first-order valence-electron chi connectivity index (χ1n) is 9.88. The van der Waals surface area contributed by atoms with Crippen LogP contribution in [0.25, 0.3) is 11.0 Å². The van der Waals surface area contributed by atoms with Gasteiger partial charge in [0, 0.05) is 0 Å². The van der Waals surface area contributed by atoms with Crippen LogP contribution in [0.4, 0.5) is 8.78 Å². The lowest BCUT2D eigenvalue weighted by molar-refractivity contribution is -0.121. The van der Waals surface area contributed by atoms with Crippen LogP contribution in [0.3, 0.4) is 0 Å². The van der Waals surface area contributed by atoms with Crippen molar-refractivity contribution in [1.82, 2.24) is 15.3 Å². The Morgan fingerprint density at radius 1 is 0.935 bits per heavy atom. The van der Waals surface area contributed by atoms with E-state index in [4.69, 9.17) is 0 Å². The number of nitrogens with one attached hydrogen (secondary N) is 2. The minimum atomic E-state index is -2.88. The van der Waals surface area contributed by atoms with Crippen LogP contribution >= 0.6 is 0 Å². The molecule has 7 heteroatoms. The van der Waals surface area contributed by atoms with Gasteiger partial charge in [-0.05, 0) is 41.8 Å². The van der Waals surface area contributed by atoms with Crippen molar-refractivity contribution in [2.24, 2.45) is 0 Å². The quantitative estimate of drug-likeness (QED) is 0.429. The van der Waals surface area contributed by atoms with Crippen molar-refractivity contribution >= 4 is 16.9 Å². The van der Waals surface area contributed by atoms with E-state index >= 15 is 0 Å². The van der Waals surface area contributed by atoms with Gasteiger partial charge in [0.25, 0.3) is 0 Å². The van der Waals surface area contributed by atoms with Crippen molar-refractivity contribution < 1.29 is 18.3 Å². The number of rotatable bonds is 8. The van der Waals surface area contributed by atoms with E-state index in [1.165, 1.54) is 12.1 Å². The number of aromatic nitrogens is 2. The summed E-state index contributed by atoms with van der Waals surface area (Å²) >= 11 is 0. The van der Waals surface area contributed by atoms with Crippen molar-refractivity contribution in [2.75, 3.05) is 0 Å². The molecule has 3 aromatic carbocycles. The van der Waals surface area contributed by atoms with E-state index in [0.29, 0.717) is 17.8 Å². The maximum Gasteiger partial charge on any atom is 0.387 e. The highest BCUT2D eigenvalue weighted by molar-refractivity contribution is 5.79. The number of benzene rings is 3. The number of hydrogen-bond acceptors (Lipinski definition) is 3. The molecule has 0 radical (unpaired) electrons. The second-order valence-corrected chi connectivity index (χ2v) is 7.15. The molecule has 0 saturated heterocycles. The summed E-state index contributed by atoms with van der Waals surface area (Å²) in [6, 6.07) is 23.3. The SMILES string of the molecule is O=C(Cc1ccc(OC(F)F)cc1)N[C@@H](Cc1ccccc1)c1nc2ccccc2[nH]1. The Bertz CT molecular complexity index is 1110. The fraction of sp³-hybridized carbons (Fsp3) is 0.167. The number of alkyl halides is 2. The van der Waals surface area contributed by atoms with Crippen molar-refractivity contribution in [3.63, 3.8) is 0 Å². The summed E-state index contributed by atoms with van der Waals surface area (Å²) in [6.07, 6.45) is 0.689. The summed E-state index contributed by atoms with van der Waals surface area (Å²) in [4.78, 5) is 20.7. The Labute approximate surface area is 178 Å². The van der Waals surface area contributed by atoms with Gasteiger partial charge in [-0.3, -0.25) is 4.79 Å². The zero-order valence-corrected chi connectivity index (χ0v) is 16.6. The first-order valence-corrected chi connectivity index (χ1v) is 9.88. The monoisotopic (exact) mass is 421 g/mol. The van der Waals surface area contributed by atoms with Gasteiger partial charge in [-0.1, -0.05) is 54.6 Å². The first-order chi connectivity index (χ1) is 15.1. The van der Waals surface area contributed by atoms with E-state index in [1.54, 1.807) is 12.1 Å². The van der Waals surface area contributed by atoms with Crippen LogP contribution in [0.1, 0.15) is 23.0 Å². The van der Waals surface area contributed by atoms with E-state index in [0.717, 1.165) is 16.6 Å². The van der Waals surface area contributed by atoms with E-state index < -0.39 is 6.61 Å². The molecule has 0 fully saturated rings. The molecule has 31 heavy (non-hydrogen) atoms. The molecule has 0 aliphatic heterocycles. The van der Waals surface area contributed by atoms with Gasteiger partial charge in [-0.15, -0.1) is 0 Å². The number of ether oxygens (including phenoxy) is 1. The molecule has 1 atom stereocenters. The number of aromatic amines is 1. The maximum atomic E-state index is 12.8. The van der Waals surface area contributed by atoms with Gasteiger partial charge in [0.15, 0.2) is 0 Å². The summed E-state index contributed by atoms with van der Waals surface area (Å²) in [5.41, 5.74) is 3.50. The molecule has 0 aliphatic carbocycles. The third kappa shape index (κ3) is 5.45. The summed E-state index contributed by atoms with van der Waals surface area (Å²) < 4.78 is 28.9. The third-order valence-electron chi connectivity index (χ3n) is 4.87. The van der Waals surface area contributed by atoms with Crippen LogP contribution in [0, 0.1) is 0 Å². The smallest absolute Gasteiger partial charge is 0.387 e. The Balaban J connectivity index is 1.50. The summed E-state index contributed by atoms with van der Waals surface area (Å²) in [6.45, 7) is -2.88. The number of carbonyl (C=O) groups excluding carboxylic acids is 1. The molecule has 0 bridgehead atoms. The number of imidazole rings is 1. The zero-order chi connectivity index (χ0) is 21.6. The fourth-order valence-electron chi connectivity index (χ4n) is 3.42. The van der Waals surface area contributed by atoms with Crippen molar-refractivity contribution in [3.8, 4) is 5.75 Å². The molecule has 5 nitrogen and oxygen atoms in total. The highest BCUT2D eigenvalue weighted by atomic mass is 19.3. The number of hydrogen-bond donors (Lipinski definition) is 2. The largest absolute Gasteiger partial charge is 0.435 e. The Hall–Kier alpha value is -3.74. The lowest BCUT2D eigenvalue weighted by Gasteiger charge is -2.17. The number of carbonyl (C=O) groups is 1. The van der Waals surface area contributed by atoms with E-state index in [9.17, 15) is 13.6 Å². The molecule has 0 saturated carbocycles. The molecule has 2 N–H and O–H groups in total. The summed E-state index contributed by atoms with van der Waals surface area (Å²) in [5.74, 6) is 0.548. The number of nitrogens with zero attached hydrogens (tertiary/aromatic N) is 1. The first kappa shape index (κ1) is 20.5. The minimum absolute atomic E-state index is 0.0587. The molecule has 1 heterocycles. The van der Waals surface area contributed by atoms with Crippen molar-refractivity contribution in [3.05, 3.63) is 95.8 Å². The van der Waals surface area contributed by atoms with Crippen LogP contribution in [-0.4, -0.2) is 22.5 Å². The zero-order valence-electron chi connectivity index (χ0n) is 16.6. The molecule has 158 valence electrons. The Morgan fingerprint density at radius 2 is 1.65 bits per heavy atom. The molecular weight excluding hydrogens is 400 g/mol. The Morgan fingerprint density at radius 3 is 2.35 bits per heavy atom. The van der Waals surface area contributed by atoms with Crippen LogP contribution in [0.5, 0.6) is 5.75 Å². The lowest BCUT2D eigenvalue weighted by atomic mass is 10.0. The average molecular weight is 421 g/mol. The van der Waals surface area contributed by atoms with E-state index in [-0.39, 0.29) is 24.1 Å². The summed E-state index contributed by atoms with van der Waals surface area (Å²) in [7, 11) is 0. The van der Waals surface area contributed by atoms with Crippen LogP contribution < -0.4 is 10.1 Å². The number of halogens is 2. The molecule has 0 aliphatic rings. The van der Waals surface area contributed by atoms with E-state index in [2.05, 4.69) is 20.0 Å². The predicted octanol–water partition coefficient (Wildman–Crippen LogP) is 4.81. The van der Waals surface area contributed by atoms with Gasteiger partial charge in [-0.25, -0.2) is 4.98 Å². The molecular formula is C24H21F2N3O2. The number of H-pyrrole nitrogens is 1. The van der Waals surface area contributed by atoms with Gasteiger partial charge in [-0.2, -0.15) is 8.78 Å².